The molecule has 2 rings (SSSR count). The highest BCUT2D eigenvalue weighted by Crippen LogP contribution is 2.38. The van der Waals surface area contributed by atoms with Gasteiger partial charge in [0, 0.05) is 11.9 Å². The van der Waals surface area contributed by atoms with E-state index in [0.29, 0.717) is 5.75 Å². The van der Waals surface area contributed by atoms with Crippen molar-refractivity contribution in [3.63, 3.8) is 0 Å². The highest BCUT2D eigenvalue weighted by Gasteiger charge is 2.43. The molecule has 0 bridgehead atoms. The van der Waals surface area contributed by atoms with Gasteiger partial charge in [-0.3, -0.25) is 4.90 Å². The second-order valence-corrected chi connectivity index (χ2v) is 6.83. The average molecular weight is 310 g/mol. The van der Waals surface area contributed by atoms with Crippen LogP contribution in [0.5, 0.6) is 0 Å². The van der Waals surface area contributed by atoms with Gasteiger partial charge in [0.05, 0.1) is 0 Å². The van der Waals surface area contributed by atoms with Crippen LogP contribution in [0.2, 0.25) is 0 Å². The molecule has 1 saturated heterocycles. The van der Waals surface area contributed by atoms with E-state index in [1.54, 1.807) is 18.0 Å². The largest absolute Gasteiger partial charge is 0.370 e. The summed E-state index contributed by atoms with van der Waals surface area (Å²) in [7, 11) is 0. The second kappa shape index (κ2) is 7.38. The highest BCUT2D eigenvalue weighted by atomic mass is 32.2. The molecule has 0 amide bonds. The molecule has 1 aromatic heterocycles. The van der Waals surface area contributed by atoms with E-state index in [9.17, 15) is 5.11 Å². The van der Waals surface area contributed by atoms with Crippen LogP contribution in [-0.2, 0) is 0 Å². The topological polar surface area (TPSA) is 36.4 Å². The van der Waals surface area contributed by atoms with Gasteiger partial charge < -0.3 is 5.11 Å². The fourth-order valence-electron chi connectivity index (χ4n) is 2.46. The first-order valence-electron chi connectivity index (χ1n) is 7.28. The summed E-state index contributed by atoms with van der Waals surface area (Å²) in [5.41, 5.74) is -0.873. The lowest BCUT2D eigenvalue weighted by Crippen LogP contribution is -2.47. The summed E-state index contributed by atoms with van der Waals surface area (Å²) in [5, 5.41) is 10.9. The Bertz CT molecular complexity index is 441. The molecule has 2 heterocycles. The third-order valence-corrected chi connectivity index (χ3v) is 5.16. The number of hydrogen-bond acceptors (Lipinski definition) is 4. The number of nitrogens with zero attached hydrogens (tertiary/aromatic N) is 2. The van der Waals surface area contributed by atoms with Crippen molar-refractivity contribution >= 4 is 34.1 Å². The van der Waals surface area contributed by atoms with E-state index in [0.717, 1.165) is 23.0 Å². The normalized spacial score (nSPS) is 22.5. The van der Waals surface area contributed by atoms with Crippen LogP contribution in [0.4, 0.5) is 5.82 Å². The number of aromatic nitrogens is 1. The molecule has 5 heteroatoms. The molecule has 0 aliphatic carbocycles. The summed E-state index contributed by atoms with van der Waals surface area (Å²) >= 11 is 6.92. The number of hydrogen-bond donors (Lipinski definition) is 1. The predicted octanol–water partition coefficient (Wildman–Crippen LogP) is 3.97. The molecule has 0 radical (unpaired) electrons. The molecule has 1 aliphatic rings. The molecular weight excluding hydrogens is 288 g/mol. The molecule has 1 atom stereocenters. The maximum Gasteiger partial charge on any atom is 0.154 e. The van der Waals surface area contributed by atoms with Crippen LogP contribution in [0.15, 0.2) is 24.4 Å². The number of aliphatic hydroxyl groups is 1. The zero-order valence-corrected chi connectivity index (χ0v) is 13.6. The lowest BCUT2D eigenvalue weighted by Gasteiger charge is -2.33. The van der Waals surface area contributed by atoms with Gasteiger partial charge in [-0.05, 0) is 25.0 Å². The third kappa shape index (κ3) is 3.71. The van der Waals surface area contributed by atoms with Crippen molar-refractivity contribution in [2.45, 2.75) is 51.2 Å². The molecule has 20 heavy (non-hydrogen) atoms. The number of thiocarbonyl (C=S) groups is 1. The van der Waals surface area contributed by atoms with Gasteiger partial charge in [-0.25, -0.2) is 4.98 Å². The zero-order chi connectivity index (χ0) is 14.4. The van der Waals surface area contributed by atoms with Crippen molar-refractivity contribution in [1.82, 2.24) is 4.98 Å². The Hall–Kier alpha value is -0.650. The van der Waals surface area contributed by atoms with Crippen molar-refractivity contribution in [2.24, 2.45) is 0 Å². The SMILES string of the molecule is CCCCCCCC1(O)CSC(=S)N1c1ccccn1. The summed E-state index contributed by atoms with van der Waals surface area (Å²) in [6.45, 7) is 2.21. The Morgan fingerprint density at radius 1 is 1.35 bits per heavy atom. The van der Waals surface area contributed by atoms with Crippen molar-refractivity contribution in [3.05, 3.63) is 24.4 Å². The second-order valence-electron chi connectivity index (χ2n) is 5.22. The van der Waals surface area contributed by atoms with Crippen LogP contribution in [0.3, 0.4) is 0 Å². The summed E-state index contributed by atoms with van der Waals surface area (Å²) in [6, 6.07) is 5.70. The summed E-state index contributed by atoms with van der Waals surface area (Å²) in [6.07, 6.45) is 8.45. The van der Waals surface area contributed by atoms with Gasteiger partial charge in [0.2, 0.25) is 0 Å². The van der Waals surface area contributed by atoms with E-state index in [1.165, 1.54) is 25.7 Å². The van der Waals surface area contributed by atoms with E-state index in [2.05, 4.69) is 11.9 Å². The molecular formula is C15H22N2OS2. The van der Waals surface area contributed by atoms with Crippen LogP contribution >= 0.6 is 24.0 Å². The van der Waals surface area contributed by atoms with Crippen molar-refractivity contribution in [2.75, 3.05) is 10.7 Å². The Labute approximate surface area is 130 Å². The highest BCUT2D eigenvalue weighted by molar-refractivity contribution is 8.23. The Morgan fingerprint density at radius 3 is 2.85 bits per heavy atom. The monoisotopic (exact) mass is 310 g/mol. The van der Waals surface area contributed by atoms with Gasteiger partial charge in [-0.15, -0.1) is 0 Å². The molecule has 1 N–H and O–H groups in total. The first-order valence-corrected chi connectivity index (χ1v) is 8.67. The first-order chi connectivity index (χ1) is 9.67. The minimum absolute atomic E-state index is 0.635. The fraction of sp³-hybridized carbons (Fsp3) is 0.600. The number of thioether (sulfide) groups is 1. The van der Waals surface area contributed by atoms with Gasteiger partial charge in [-0.2, -0.15) is 0 Å². The Balaban J connectivity index is 1.99. The van der Waals surface area contributed by atoms with Gasteiger partial charge in [-0.1, -0.05) is 62.7 Å². The molecule has 1 aromatic rings. The maximum absolute atomic E-state index is 10.9. The molecule has 1 unspecified atom stereocenters. The van der Waals surface area contributed by atoms with Crippen molar-refractivity contribution < 1.29 is 5.11 Å². The van der Waals surface area contributed by atoms with Crippen LogP contribution < -0.4 is 4.90 Å². The lowest BCUT2D eigenvalue weighted by atomic mass is 10.0. The van der Waals surface area contributed by atoms with Gasteiger partial charge in [0.1, 0.15) is 10.1 Å². The van der Waals surface area contributed by atoms with E-state index >= 15 is 0 Å². The van der Waals surface area contributed by atoms with Gasteiger partial charge in [0.25, 0.3) is 0 Å². The molecule has 110 valence electrons. The Kier molecular flexibility index (Phi) is 5.81. The van der Waals surface area contributed by atoms with Crippen LogP contribution in [0.1, 0.15) is 45.4 Å². The number of anilines is 1. The van der Waals surface area contributed by atoms with Gasteiger partial charge in [0.15, 0.2) is 5.72 Å². The third-order valence-electron chi connectivity index (χ3n) is 3.58. The minimum atomic E-state index is -0.873. The molecule has 0 aromatic carbocycles. The fourth-order valence-corrected chi connectivity index (χ4v) is 3.93. The van der Waals surface area contributed by atoms with Crippen molar-refractivity contribution in [3.8, 4) is 0 Å². The predicted molar refractivity (Wildman–Crippen MR) is 90.1 cm³/mol. The van der Waals surface area contributed by atoms with E-state index < -0.39 is 5.72 Å². The maximum atomic E-state index is 10.9. The van der Waals surface area contributed by atoms with E-state index in [4.69, 9.17) is 12.2 Å². The smallest absolute Gasteiger partial charge is 0.154 e. The molecule has 3 nitrogen and oxygen atoms in total. The number of pyridine rings is 1. The quantitative estimate of drug-likeness (QED) is 0.609. The first kappa shape index (κ1) is 15.7. The molecule has 1 aliphatic heterocycles. The van der Waals surface area contributed by atoms with E-state index in [1.807, 2.05) is 23.1 Å². The molecule has 1 fully saturated rings. The van der Waals surface area contributed by atoms with E-state index in [-0.39, 0.29) is 0 Å². The molecule has 0 spiro atoms. The summed E-state index contributed by atoms with van der Waals surface area (Å²) < 4.78 is 0.722. The lowest BCUT2D eigenvalue weighted by molar-refractivity contribution is 0.0662. The Morgan fingerprint density at radius 2 is 2.15 bits per heavy atom. The summed E-state index contributed by atoms with van der Waals surface area (Å²) in [5.74, 6) is 1.38. The van der Waals surface area contributed by atoms with Crippen molar-refractivity contribution in [1.29, 1.82) is 0 Å². The standard InChI is InChI=1S/C15H22N2OS2/c1-2-3-4-5-7-10-15(18)12-20-14(19)17(15)13-9-6-8-11-16-13/h6,8-9,11,18H,2-5,7,10,12H2,1H3. The molecule has 0 saturated carbocycles. The minimum Gasteiger partial charge on any atom is -0.370 e. The number of unbranched alkanes of at least 4 members (excludes halogenated alkanes) is 4. The number of rotatable bonds is 7. The van der Waals surface area contributed by atoms with Crippen LogP contribution in [-0.4, -0.2) is 25.9 Å². The van der Waals surface area contributed by atoms with Crippen LogP contribution in [0, 0.1) is 0 Å². The zero-order valence-electron chi connectivity index (χ0n) is 11.9. The van der Waals surface area contributed by atoms with Crippen LogP contribution in [0.25, 0.3) is 0 Å². The summed E-state index contributed by atoms with van der Waals surface area (Å²) in [4.78, 5) is 6.16. The average Bonchev–Trinajstić information content (AvgIpc) is 2.75. The van der Waals surface area contributed by atoms with Gasteiger partial charge >= 0.3 is 0 Å².